The van der Waals surface area contributed by atoms with E-state index in [9.17, 15) is 9.90 Å². The van der Waals surface area contributed by atoms with E-state index in [0.29, 0.717) is 11.3 Å². The maximum Gasteiger partial charge on any atom is 0.161 e. The number of hydrogen-bond donors (Lipinski definition) is 1. The van der Waals surface area contributed by atoms with Crippen LogP contribution in [-0.4, -0.2) is 18.5 Å². The zero-order chi connectivity index (χ0) is 8.97. The number of methoxy groups -OCH3 is 1. The summed E-state index contributed by atoms with van der Waals surface area (Å²) < 4.78 is 4.87. The maximum atomic E-state index is 10.2. The first-order chi connectivity index (χ1) is 5.79. The van der Waals surface area contributed by atoms with Gasteiger partial charge in [0, 0.05) is 12.0 Å². The minimum atomic E-state index is 0.0482. The molecule has 0 fully saturated rings. The van der Waals surface area contributed by atoms with Gasteiger partial charge in [0.2, 0.25) is 0 Å². The molecule has 0 amide bonds. The Labute approximate surface area is 70.6 Å². The lowest BCUT2D eigenvalue weighted by Gasteiger charge is -2.05. The van der Waals surface area contributed by atoms with E-state index in [1.807, 2.05) is 0 Å². The molecule has 12 heavy (non-hydrogen) atoms. The molecule has 1 N–H and O–H groups in total. The number of rotatable bonds is 3. The number of ether oxygens (including phenoxy) is 1. The largest absolute Gasteiger partial charge is 0.504 e. The first kappa shape index (κ1) is 8.59. The smallest absolute Gasteiger partial charge is 0.161 e. The van der Waals surface area contributed by atoms with Crippen LogP contribution in [0.25, 0.3) is 0 Å². The third kappa shape index (κ3) is 1.56. The number of aldehydes is 1. The summed E-state index contributed by atoms with van der Waals surface area (Å²) in [5, 5.41) is 9.44. The molecule has 3 heteroatoms. The van der Waals surface area contributed by atoms with Crippen molar-refractivity contribution in [3.63, 3.8) is 0 Å². The summed E-state index contributed by atoms with van der Waals surface area (Å²) in [6, 6.07) is 5.06. The molecule has 0 atom stereocenters. The molecule has 0 aliphatic rings. The van der Waals surface area contributed by atoms with E-state index in [4.69, 9.17) is 4.74 Å². The Balaban J connectivity index is 3.04. The van der Waals surface area contributed by atoms with Crippen molar-refractivity contribution in [1.82, 2.24) is 0 Å². The number of aromatic hydroxyl groups is 1. The summed E-state index contributed by atoms with van der Waals surface area (Å²) >= 11 is 0. The second kappa shape index (κ2) is 3.76. The normalized spacial score (nSPS) is 9.42. The van der Waals surface area contributed by atoms with Crippen LogP contribution in [0.1, 0.15) is 5.56 Å². The van der Waals surface area contributed by atoms with Gasteiger partial charge in [-0.25, -0.2) is 0 Å². The van der Waals surface area contributed by atoms with E-state index in [2.05, 4.69) is 0 Å². The molecule has 0 aliphatic carbocycles. The minimum absolute atomic E-state index is 0.0482. The van der Waals surface area contributed by atoms with Crippen molar-refractivity contribution < 1.29 is 14.6 Å². The number of hydrogen-bond acceptors (Lipinski definition) is 3. The average molecular weight is 166 g/mol. The second-order valence-electron chi connectivity index (χ2n) is 2.34. The van der Waals surface area contributed by atoms with Crippen LogP contribution in [-0.2, 0) is 11.2 Å². The van der Waals surface area contributed by atoms with Crippen LogP contribution in [0.5, 0.6) is 11.5 Å². The third-order valence-corrected chi connectivity index (χ3v) is 1.61. The molecule has 1 aromatic rings. The van der Waals surface area contributed by atoms with Crippen LogP contribution >= 0.6 is 0 Å². The fourth-order valence-corrected chi connectivity index (χ4v) is 0.987. The van der Waals surface area contributed by atoms with Gasteiger partial charge in [0.15, 0.2) is 11.5 Å². The van der Waals surface area contributed by atoms with E-state index < -0.39 is 0 Å². The van der Waals surface area contributed by atoms with E-state index in [1.54, 1.807) is 18.2 Å². The number of phenols is 1. The van der Waals surface area contributed by atoms with Gasteiger partial charge in [-0.15, -0.1) is 0 Å². The first-order valence-corrected chi connectivity index (χ1v) is 3.58. The fourth-order valence-electron chi connectivity index (χ4n) is 0.987. The molecule has 1 aromatic carbocycles. The Bertz CT molecular complexity index is 281. The highest BCUT2D eigenvalue weighted by Crippen LogP contribution is 2.28. The van der Waals surface area contributed by atoms with Crippen molar-refractivity contribution in [2.45, 2.75) is 6.42 Å². The predicted octanol–water partition coefficient (Wildman–Crippen LogP) is 1.14. The van der Waals surface area contributed by atoms with Crippen molar-refractivity contribution in [1.29, 1.82) is 0 Å². The van der Waals surface area contributed by atoms with E-state index in [0.717, 1.165) is 6.29 Å². The zero-order valence-electron chi connectivity index (χ0n) is 6.78. The summed E-state index contributed by atoms with van der Waals surface area (Å²) in [6.07, 6.45) is 0.956. The fraction of sp³-hybridized carbons (Fsp3) is 0.222. The monoisotopic (exact) mass is 166 g/mol. The molecule has 0 heterocycles. The summed E-state index contributed by atoms with van der Waals surface area (Å²) in [7, 11) is 1.47. The lowest BCUT2D eigenvalue weighted by atomic mass is 10.1. The highest BCUT2D eigenvalue weighted by Gasteiger charge is 2.05. The number of carbonyl (C=O) groups is 1. The standard InChI is InChI=1S/C9H10O3/c1-12-8-4-2-3-7(5-6-10)9(8)11/h2-4,6,11H,5H2,1H3. The van der Waals surface area contributed by atoms with E-state index in [1.165, 1.54) is 7.11 Å². The minimum Gasteiger partial charge on any atom is -0.504 e. The van der Waals surface area contributed by atoms with Crippen molar-refractivity contribution >= 4 is 6.29 Å². The zero-order valence-corrected chi connectivity index (χ0v) is 6.78. The van der Waals surface area contributed by atoms with Gasteiger partial charge in [-0.3, -0.25) is 0 Å². The number of para-hydroxylation sites is 1. The van der Waals surface area contributed by atoms with Crippen molar-refractivity contribution in [3.8, 4) is 11.5 Å². The van der Waals surface area contributed by atoms with Crippen LogP contribution in [0.2, 0.25) is 0 Å². The Kier molecular flexibility index (Phi) is 2.69. The lowest BCUT2D eigenvalue weighted by molar-refractivity contribution is -0.107. The molecule has 0 aliphatic heterocycles. The molecule has 0 unspecified atom stereocenters. The Hall–Kier alpha value is -1.51. The summed E-state index contributed by atoms with van der Waals surface area (Å²) in [5.41, 5.74) is 0.587. The maximum absolute atomic E-state index is 10.2. The SMILES string of the molecule is COc1cccc(CC=O)c1O. The molecule has 64 valence electrons. The molecular formula is C9H10O3. The molecular weight excluding hydrogens is 156 g/mol. The van der Waals surface area contributed by atoms with Crippen LogP contribution in [0.15, 0.2) is 18.2 Å². The Morgan fingerprint density at radius 2 is 2.33 bits per heavy atom. The predicted molar refractivity (Wildman–Crippen MR) is 44.4 cm³/mol. The number of benzene rings is 1. The van der Waals surface area contributed by atoms with E-state index >= 15 is 0 Å². The van der Waals surface area contributed by atoms with Gasteiger partial charge in [-0.1, -0.05) is 12.1 Å². The number of carbonyl (C=O) groups excluding carboxylic acids is 1. The molecule has 0 aromatic heterocycles. The van der Waals surface area contributed by atoms with Crippen LogP contribution in [0.4, 0.5) is 0 Å². The molecule has 3 nitrogen and oxygen atoms in total. The van der Waals surface area contributed by atoms with Gasteiger partial charge in [-0.2, -0.15) is 0 Å². The average Bonchev–Trinajstić information content (AvgIpc) is 2.09. The quantitative estimate of drug-likeness (QED) is 0.685. The topological polar surface area (TPSA) is 46.5 Å². The molecule has 1 rings (SSSR count). The van der Waals surface area contributed by atoms with Crippen LogP contribution in [0, 0.1) is 0 Å². The van der Waals surface area contributed by atoms with Crippen molar-refractivity contribution in [2.24, 2.45) is 0 Å². The second-order valence-corrected chi connectivity index (χ2v) is 2.34. The Morgan fingerprint density at radius 1 is 1.58 bits per heavy atom. The van der Waals surface area contributed by atoms with Crippen LogP contribution < -0.4 is 4.74 Å². The van der Waals surface area contributed by atoms with Gasteiger partial charge < -0.3 is 14.6 Å². The molecule has 0 radical (unpaired) electrons. The summed E-state index contributed by atoms with van der Waals surface area (Å²) in [4.78, 5) is 10.2. The summed E-state index contributed by atoms with van der Waals surface area (Å²) in [5.74, 6) is 0.446. The highest BCUT2D eigenvalue weighted by atomic mass is 16.5. The van der Waals surface area contributed by atoms with Gasteiger partial charge in [0.25, 0.3) is 0 Å². The van der Waals surface area contributed by atoms with Crippen molar-refractivity contribution in [2.75, 3.05) is 7.11 Å². The van der Waals surface area contributed by atoms with Gasteiger partial charge >= 0.3 is 0 Å². The first-order valence-electron chi connectivity index (χ1n) is 3.58. The third-order valence-electron chi connectivity index (χ3n) is 1.61. The van der Waals surface area contributed by atoms with Gasteiger partial charge in [-0.05, 0) is 6.07 Å². The molecule has 0 saturated carbocycles. The summed E-state index contributed by atoms with van der Waals surface area (Å²) in [6.45, 7) is 0. The highest BCUT2D eigenvalue weighted by molar-refractivity contribution is 5.59. The number of phenolic OH excluding ortho intramolecular Hbond substituents is 1. The molecule has 0 spiro atoms. The van der Waals surface area contributed by atoms with Gasteiger partial charge in [0.05, 0.1) is 7.11 Å². The van der Waals surface area contributed by atoms with Gasteiger partial charge in [0.1, 0.15) is 6.29 Å². The lowest BCUT2D eigenvalue weighted by Crippen LogP contribution is -1.90. The van der Waals surface area contributed by atoms with Crippen molar-refractivity contribution in [3.05, 3.63) is 23.8 Å². The van der Waals surface area contributed by atoms with Crippen LogP contribution in [0.3, 0.4) is 0 Å². The Morgan fingerprint density at radius 3 is 2.92 bits per heavy atom. The molecule has 0 bridgehead atoms. The van der Waals surface area contributed by atoms with E-state index in [-0.39, 0.29) is 12.2 Å². The molecule has 0 saturated heterocycles.